The van der Waals surface area contributed by atoms with Crippen molar-refractivity contribution in [1.29, 1.82) is 0 Å². The van der Waals surface area contributed by atoms with Gasteiger partial charge in [0.1, 0.15) is 0 Å². The Morgan fingerprint density at radius 3 is 1.09 bits per heavy atom. The van der Waals surface area contributed by atoms with Gasteiger partial charge in [0.25, 0.3) is 0 Å². The summed E-state index contributed by atoms with van der Waals surface area (Å²) in [6.07, 6.45) is 0. The molecule has 0 saturated heterocycles. The van der Waals surface area contributed by atoms with E-state index in [0.29, 0.717) is 22.3 Å². The van der Waals surface area contributed by atoms with E-state index in [1.165, 1.54) is 10.4 Å². The van der Waals surface area contributed by atoms with E-state index in [0.717, 1.165) is 21.5 Å². The van der Waals surface area contributed by atoms with Gasteiger partial charge in [0.15, 0.2) is 11.6 Å². The second-order valence-electron chi connectivity index (χ2n) is 11.0. The molecule has 0 amide bonds. The topological polar surface area (TPSA) is 34.1 Å². The molecule has 4 aromatic carbocycles. The SMILES string of the molecule is C[Si](C)(C)c1cc2cc3c(cc2cc1[Si](C)(C)C)C(=O)c1cc2ccccc2cc1C3=O. The third-order valence-corrected chi connectivity index (χ3v) is 10.9. The van der Waals surface area contributed by atoms with Gasteiger partial charge < -0.3 is 0 Å². The lowest BCUT2D eigenvalue weighted by atomic mass is 9.81. The summed E-state index contributed by atoms with van der Waals surface area (Å²) in [6, 6.07) is 20.2. The van der Waals surface area contributed by atoms with Gasteiger partial charge in [0, 0.05) is 22.3 Å². The summed E-state index contributed by atoms with van der Waals surface area (Å²) in [5.41, 5.74) is 2.11. The van der Waals surface area contributed by atoms with E-state index in [2.05, 4.69) is 51.4 Å². The number of ketones is 2. The first-order chi connectivity index (χ1) is 14.9. The van der Waals surface area contributed by atoms with Crippen molar-refractivity contribution in [2.75, 3.05) is 0 Å². The second kappa shape index (κ2) is 6.83. The molecule has 0 spiro atoms. The zero-order valence-electron chi connectivity index (χ0n) is 19.6. The predicted molar refractivity (Wildman–Crippen MR) is 141 cm³/mol. The minimum Gasteiger partial charge on any atom is -0.289 e. The molecule has 0 fully saturated rings. The normalized spacial score (nSPS) is 14.1. The molecule has 160 valence electrons. The Hall–Kier alpha value is -2.83. The average molecular weight is 453 g/mol. The summed E-state index contributed by atoms with van der Waals surface area (Å²) >= 11 is 0. The van der Waals surface area contributed by atoms with E-state index in [-0.39, 0.29) is 11.6 Å². The van der Waals surface area contributed by atoms with Gasteiger partial charge in [-0.15, -0.1) is 0 Å². The molecule has 1 aliphatic carbocycles. The van der Waals surface area contributed by atoms with E-state index in [4.69, 9.17) is 0 Å². The van der Waals surface area contributed by atoms with Crippen LogP contribution in [0, 0.1) is 0 Å². The molecule has 0 heterocycles. The maximum Gasteiger partial charge on any atom is 0.194 e. The lowest BCUT2D eigenvalue weighted by molar-refractivity contribution is 0.0979. The molecule has 0 saturated carbocycles. The number of hydrogen-bond donors (Lipinski definition) is 0. The Kier molecular flexibility index (Phi) is 4.49. The molecule has 0 aromatic heterocycles. The summed E-state index contributed by atoms with van der Waals surface area (Å²) in [5, 5.41) is 7.05. The first-order valence-electron chi connectivity index (χ1n) is 11.2. The minimum absolute atomic E-state index is 0.0499. The molecule has 0 radical (unpaired) electrons. The third-order valence-electron chi connectivity index (χ3n) is 6.59. The summed E-state index contributed by atoms with van der Waals surface area (Å²) < 4.78 is 0. The van der Waals surface area contributed by atoms with Gasteiger partial charge in [-0.25, -0.2) is 0 Å². The number of benzene rings is 4. The van der Waals surface area contributed by atoms with Crippen molar-refractivity contribution >= 4 is 59.6 Å². The standard InChI is InChI=1S/C28H28O2Si2/c1-31(2,3)25-15-19-13-23-24(14-20(19)16-26(25)32(4,5)6)28(30)22-12-18-10-8-7-9-17(18)11-21(22)27(23)29/h7-16H,1-6H3. The lowest BCUT2D eigenvalue weighted by Gasteiger charge is -2.29. The number of carbonyl (C=O) groups is 2. The Balaban J connectivity index is 1.79. The number of fused-ring (bicyclic) bond motifs is 4. The van der Waals surface area contributed by atoms with Gasteiger partial charge in [-0.1, -0.05) is 86.1 Å². The van der Waals surface area contributed by atoms with Crippen LogP contribution >= 0.6 is 0 Å². The summed E-state index contributed by atoms with van der Waals surface area (Å²) in [5.74, 6) is -0.0999. The van der Waals surface area contributed by atoms with Crippen LogP contribution < -0.4 is 10.4 Å². The third kappa shape index (κ3) is 3.21. The largest absolute Gasteiger partial charge is 0.289 e. The molecular weight excluding hydrogens is 424 g/mol. The first kappa shape index (κ1) is 21.0. The molecule has 32 heavy (non-hydrogen) atoms. The molecular formula is C28H28O2Si2. The zero-order chi connectivity index (χ0) is 23.0. The van der Waals surface area contributed by atoms with Crippen LogP contribution in [0.25, 0.3) is 21.5 Å². The summed E-state index contributed by atoms with van der Waals surface area (Å²) in [6.45, 7) is 14.3. The van der Waals surface area contributed by atoms with Gasteiger partial charge in [0.05, 0.1) is 16.1 Å². The molecule has 5 rings (SSSR count). The maximum atomic E-state index is 13.5. The Labute approximate surface area is 191 Å². The number of carbonyl (C=O) groups excluding carboxylic acids is 2. The number of rotatable bonds is 2. The Bertz CT molecular complexity index is 1360. The van der Waals surface area contributed by atoms with E-state index in [1.54, 1.807) is 0 Å². The molecule has 4 heteroatoms. The Morgan fingerprint density at radius 2 is 0.781 bits per heavy atom. The maximum absolute atomic E-state index is 13.5. The molecule has 0 aliphatic heterocycles. The summed E-state index contributed by atoms with van der Waals surface area (Å²) in [4.78, 5) is 27.0. The van der Waals surface area contributed by atoms with Crippen LogP contribution in [0.3, 0.4) is 0 Å². The summed E-state index contributed by atoms with van der Waals surface area (Å²) in [7, 11) is -3.15. The van der Waals surface area contributed by atoms with Gasteiger partial charge in [-0.05, 0) is 45.8 Å². The van der Waals surface area contributed by atoms with Crippen molar-refractivity contribution < 1.29 is 9.59 Å². The highest BCUT2D eigenvalue weighted by Gasteiger charge is 2.32. The van der Waals surface area contributed by atoms with Crippen LogP contribution in [0.2, 0.25) is 39.3 Å². The van der Waals surface area contributed by atoms with Gasteiger partial charge in [0.2, 0.25) is 0 Å². The Morgan fingerprint density at radius 1 is 0.469 bits per heavy atom. The predicted octanol–water partition coefficient (Wildman–Crippen LogP) is 5.86. The van der Waals surface area contributed by atoms with Crippen molar-refractivity contribution in [2.45, 2.75) is 39.3 Å². The highest BCUT2D eigenvalue weighted by Crippen LogP contribution is 2.33. The molecule has 2 nitrogen and oxygen atoms in total. The minimum atomic E-state index is -1.58. The monoisotopic (exact) mass is 452 g/mol. The van der Waals surface area contributed by atoms with Gasteiger partial charge >= 0.3 is 0 Å². The fourth-order valence-corrected chi connectivity index (χ4v) is 10.1. The van der Waals surface area contributed by atoms with Crippen molar-refractivity contribution in [1.82, 2.24) is 0 Å². The molecule has 0 N–H and O–H groups in total. The zero-order valence-corrected chi connectivity index (χ0v) is 21.6. The molecule has 1 aliphatic rings. The van der Waals surface area contributed by atoms with E-state index < -0.39 is 16.1 Å². The lowest BCUT2D eigenvalue weighted by Crippen LogP contribution is -2.56. The number of hydrogen-bond acceptors (Lipinski definition) is 2. The fraction of sp³-hybridized carbons (Fsp3) is 0.214. The molecule has 0 unspecified atom stereocenters. The van der Waals surface area contributed by atoms with Crippen LogP contribution in [-0.2, 0) is 0 Å². The van der Waals surface area contributed by atoms with Crippen LogP contribution in [0.4, 0.5) is 0 Å². The van der Waals surface area contributed by atoms with E-state index in [9.17, 15) is 9.59 Å². The van der Waals surface area contributed by atoms with Crippen LogP contribution in [0.15, 0.2) is 60.7 Å². The van der Waals surface area contributed by atoms with Crippen LogP contribution in [0.1, 0.15) is 31.8 Å². The fourth-order valence-electron chi connectivity index (χ4n) is 4.87. The van der Waals surface area contributed by atoms with Crippen molar-refractivity contribution in [2.24, 2.45) is 0 Å². The van der Waals surface area contributed by atoms with E-state index in [1.807, 2.05) is 48.5 Å². The highest BCUT2D eigenvalue weighted by molar-refractivity contribution is 6.98. The molecule has 0 bridgehead atoms. The van der Waals surface area contributed by atoms with Crippen molar-refractivity contribution in [3.63, 3.8) is 0 Å². The van der Waals surface area contributed by atoms with Crippen LogP contribution in [-0.4, -0.2) is 27.7 Å². The van der Waals surface area contributed by atoms with Crippen molar-refractivity contribution in [3.8, 4) is 0 Å². The van der Waals surface area contributed by atoms with Gasteiger partial charge in [-0.2, -0.15) is 0 Å². The van der Waals surface area contributed by atoms with Crippen LogP contribution in [0.5, 0.6) is 0 Å². The second-order valence-corrected chi connectivity index (χ2v) is 21.1. The first-order valence-corrected chi connectivity index (χ1v) is 18.2. The van der Waals surface area contributed by atoms with Gasteiger partial charge in [-0.3, -0.25) is 9.59 Å². The average Bonchev–Trinajstić information content (AvgIpc) is 2.73. The molecule has 0 atom stereocenters. The smallest absolute Gasteiger partial charge is 0.194 e. The quantitative estimate of drug-likeness (QED) is 0.314. The molecule has 4 aromatic rings. The van der Waals surface area contributed by atoms with Crippen molar-refractivity contribution in [3.05, 3.63) is 82.9 Å². The van der Waals surface area contributed by atoms with E-state index >= 15 is 0 Å². The highest BCUT2D eigenvalue weighted by atomic mass is 28.3.